The van der Waals surface area contributed by atoms with Crippen LogP contribution in [0.3, 0.4) is 0 Å². The first kappa shape index (κ1) is 15.0. The Labute approximate surface area is 125 Å². The van der Waals surface area contributed by atoms with Gasteiger partial charge in [0.25, 0.3) is 0 Å². The average molecular weight is 294 g/mol. The molecule has 1 aromatic rings. The minimum absolute atomic E-state index is 0.225. The first-order chi connectivity index (χ1) is 9.45. The molecule has 1 saturated heterocycles. The molecule has 20 heavy (non-hydrogen) atoms. The van der Waals surface area contributed by atoms with Gasteiger partial charge in [0.15, 0.2) is 0 Å². The van der Waals surface area contributed by atoms with E-state index in [0.29, 0.717) is 10.9 Å². The number of anilines is 1. The van der Waals surface area contributed by atoms with Crippen LogP contribution in [0.2, 0.25) is 0 Å². The lowest BCUT2D eigenvalue weighted by Gasteiger charge is -2.44. The Hall–Kier alpha value is -1.40. The van der Waals surface area contributed by atoms with E-state index in [1.54, 1.807) is 13.3 Å². The molecule has 0 spiro atoms. The van der Waals surface area contributed by atoms with Crippen LogP contribution in [0, 0.1) is 0 Å². The van der Waals surface area contributed by atoms with Crippen molar-refractivity contribution < 1.29 is 4.74 Å². The minimum atomic E-state index is -0.225. The van der Waals surface area contributed by atoms with Crippen LogP contribution in [-0.2, 0) is 0 Å². The van der Waals surface area contributed by atoms with E-state index in [1.165, 1.54) is 0 Å². The largest absolute Gasteiger partial charge is 0.481 e. The fourth-order valence-corrected chi connectivity index (χ4v) is 2.52. The van der Waals surface area contributed by atoms with E-state index in [9.17, 15) is 0 Å². The van der Waals surface area contributed by atoms with Crippen molar-refractivity contribution in [2.45, 2.75) is 19.4 Å². The molecule has 0 aromatic carbocycles. The first-order valence-corrected chi connectivity index (χ1v) is 7.16. The molecule has 1 aromatic heterocycles. The van der Waals surface area contributed by atoms with Crippen LogP contribution in [0.15, 0.2) is 18.3 Å². The number of nitrogens with two attached hydrogens (primary N) is 1. The molecule has 0 atom stereocenters. The van der Waals surface area contributed by atoms with Crippen LogP contribution in [0.5, 0.6) is 5.88 Å². The number of methoxy groups -OCH3 is 1. The third-order valence-corrected chi connectivity index (χ3v) is 4.47. The molecule has 6 heteroatoms. The predicted octanol–water partition coefficient (Wildman–Crippen LogP) is 1.28. The minimum Gasteiger partial charge on any atom is -0.481 e. The van der Waals surface area contributed by atoms with Gasteiger partial charge in [0.05, 0.1) is 17.6 Å². The highest BCUT2D eigenvalue weighted by Crippen LogP contribution is 2.23. The zero-order chi connectivity index (χ0) is 14.8. The summed E-state index contributed by atoms with van der Waals surface area (Å²) in [6.45, 7) is 7.93. The molecule has 5 nitrogen and oxygen atoms in total. The molecule has 0 aliphatic carbocycles. The van der Waals surface area contributed by atoms with Crippen molar-refractivity contribution >= 4 is 22.9 Å². The van der Waals surface area contributed by atoms with Gasteiger partial charge in [-0.05, 0) is 19.9 Å². The van der Waals surface area contributed by atoms with Crippen LogP contribution in [0.1, 0.15) is 13.8 Å². The second-order valence-electron chi connectivity index (χ2n) is 5.45. The van der Waals surface area contributed by atoms with Gasteiger partial charge in [-0.3, -0.25) is 4.90 Å². The van der Waals surface area contributed by atoms with E-state index in [1.807, 2.05) is 12.1 Å². The van der Waals surface area contributed by atoms with Gasteiger partial charge in [-0.15, -0.1) is 0 Å². The number of rotatable bonds is 4. The van der Waals surface area contributed by atoms with E-state index in [-0.39, 0.29) is 5.54 Å². The van der Waals surface area contributed by atoms with Gasteiger partial charge in [0.1, 0.15) is 0 Å². The number of pyridine rings is 1. The number of thiocarbonyl (C=S) groups is 1. The SMILES string of the molecule is COc1cc(N2CCN(C(C)(C)C(N)=S)CC2)ccn1. The van der Waals surface area contributed by atoms with Crippen molar-refractivity contribution in [2.24, 2.45) is 5.73 Å². The lowest BCUT2D eigenvalue weighted by molar-refractivity contribution is 0.168. The third kappa shape index (κ3) is 3.02. The van der Waals surface area contributed by atoms with Crippen molar-refractivity contribution in [3.63, 3.8) is 0 Å². The normalized spacial score (nSPS) is 17.1. The van der Waals surface area contributed by atoms with Crippen molar-refractivity contribution in [1.29, 1.82) is 0 Å². The highest BCUT2D eigenvalue weighted by Gasteiger charge is 2.32. The molecule has 0 unspecified atom stereocenters. The third-order valence-electron chi connectivity index (χ3n) is 3.97. The lowest BCUT2D eigenvalue weighted by Crippen LogP contribution is -2.59. The van der Waals surface area contributed by atoms with Crippen LogP contribution in [0.25, 0.3) is 0 Å². The summed E-state index contributed by atoms with van der Waals surface area (Å²) in [5.74, 6) is 0.647. The van der Waals surface area contributed by atoms with Crippen LogP contribution < -0.4 is 15.4 Å². The quantitative estimate of drug-likeness (QED) is 0.844. The Bertz CT molecular complexity index is 484. The van der Waals surface area contributed by atoms with Gasteiger partial charge in [-0.1, -0.05) is 12.2 Å². The molecule has 110 valence electrons. The molecule has 1 fully saturated rings. The molecule has 1 aliphatic heterocycles. The maximum absolute atomic E-state index is 5.84. The van der Waals surface area contributed by atoms with Gasteiger partial charge in [-0.25, -0.2) is 4.98 Å². The Morgan fingerprint density at radius 1 is 1.35 bits per heavy atom. The van der Waals surface area contributed by atoms with Crippen molar-refractivity contribution in [3.8, 4) is 5.88 Å². The molecule has 0 saturated carbocycles. The second-order valence-corrected chi connectivity index (χ2v) is 5.89. The molecule has 0 amide bonds. The van der Waals surface area contributed by atoms with E-state index >= 15 is 0 Å². The highest BCUT2D eigenvalue weighted by molar-refractivity contribution is 7.80. The summed E-state index contributed by atoms with van der Waals surface area (Å²) < 4.78 is 5.17. The molecule has 1 aliphatic rings. The van der Waals surface area contributed by atoms with E-state index in [4.69, 9.17) is 22.7 Å². The number of hydrogen-bond acceptors (Lipinski definition) is 5. The fourth-order valence-electron chi connectivity index (χ4n) is 2.39. The van der Waals surface area contributed by atoms with Gasteiger partial charge in [0, 0.05) is 44.1 Å². The molecular weight excluding hydrogens is 272 g/mol. The number of ether oxygens (including phenoxy) is 1. The van der Waals surface area contributed by atoms with Gasteiger partial charge in [0.2, 0.25) is 5.88 Å². The molecule has 0 bridgehead atoms. The fraction of sp³-hybridized carbons (Fsp3) is 0.571. The summed E-state index contributed by atoms with van der Waals surface area (Å²) in [5, 5.41) is 0. The molecule has 0 radical (unpaired) electrons. The average Bonchev–Trinajstić information content (AvgIpc) is 2.47. The molecule has 2 rings (SSSR count). The summed E-state index contributed by atoms with van der Waals surface area (Å²) in [5.41, 5.74) is 6.75. The summed E-state index contributed by atoms with van der Waals surface area (Å²) in [4.78, 5) is 9.36. The standard InChI is InChI=1S/C14H22N4OS/c1-14(2,13(15)20)18-8-6-17(7-9-18)11-4-5-16-12(10-11)19-3/h4-5,10H,6-9H2,1-3H3,(H2,15,20). The van der Waals surface area contributed by atoms with Gasteiger partial charge >= 0.3 is 0 Å². The van der Waals surface area contributed by atoms with E-state index < -0.39 is 0 Å². The molecule has 2 N–H and O–H groups in total. The van der Waals surface area contributed by atoms with Gasteiger partial charge in [-0.2, -0.15) is 0 Å². The number of hydrogen-bond donors (Lipinski definition) is 1. The van der Waals surface area contributed by atoms with E-state index in [2.05, 4.69) is 28.6 Å². The zero-order valence-corrected chi connectivity index (χ0v) is 13.1. The Kier molecular flexibility index (Phi) is 4.45. The Morgan fingerprint density at radius 2 is 2.00 bits per heavy atom. The van der Waals surface area contributed by atoms with Gasteiger partial charge < -0.3 is 15.4 Å². The Morgan fingerprint density at radius 3 is 2.55 bits per heavy atom. The van der Waals surface area contributed by atoms with Crippen LogP contribution in [0.4, 0.5) is 5.69 Å². The summed E-state index contributed by atoms with van der Waals surface area (Å²) >= 11 is 5.17. The lowest BCUT2D eigenvalue weighted by atomic mass is 10.0. The summed E-state index contributed by atoms with van der Waals surface area (Å²) in [6, 6.07) is 3.98. The summed E-state index contributed by atoms with van der Waals surface area (Å²) in [7, 11) is 1.63. The second kappa shape index (κ2) is 5.93. The van der Waals surface area contributed by atoms with Crippen molar-refractivity contribution in [1.82, 2.24) is 9.88 Å². The maximum Gasteiger partial charge on any atom is 0.214 e. The smallest absolute Gasteiger partial charge is 0.214 e. The number of aromatic nitrogens is 1. The maximum atomic E-state index is 5.84. The predicted molar refractivity (Wildman–Crippen MR) is 85.4 cm³/mol. The number of piperazine rings is 1. The van der Waals surface area contributed by atoms with Crippen LogP contribution in [-0.4, -0.2) is 53.7 Å². The molecular formula is C14H22N4OS. The van der Waals surface area contributed by atoms with Crippen molar-refractivity contribution in [3.05, 3.63) is 18.3 Å². The van der Waals surface area contributed by atoms with Crippen LogP contribution >= 0.6 is 12.2 Å². The zero-order valence-electron chi connectivity index (χ0n) is 12.3. The number of nitrogens with zero attached hydrogens (tertiary/aromatic N) is 3. The molecule has 2 heterocycles. The van der Waals surface area contributed by atoms with Crippen molar-refractivity contribution in [2.75, 3.05) is 38.2 Å². The van der Waals surface area contributed by atoms with E-state index in [0.717, 1.165) is 31.9 Å². The topological polar surface area (TPSA) is 54.6 Å². The first-order valence-electron chi connectivity index (χ1n) is 6.75. The highest BCUT2D eigenvalue weighted by atomic mass is 32.1. The Balaban J connectivity index is 2.02. The monoisotopic (exact) mass is 294 g/mol. The summed E-state index contributed by atoms with van der Waals surface area (Å²) in [6.07, 6.45) is 1.78.